The van der Waals surface area contributed by atoms with Gasteiger partial charge in [-0.1, -0.05) is 19.1 Å². The Kier molecular flexibility index (Phi) is 6.05. The van der Waals surface area contributed by atoms with Crippen molar-refractivity contribution in [1.82, 2.24) is 10.2 Å². The number of hydrogen-bond acceptors (Lipinski definition) is 3. The van der Waals surface area contributed by atoms with Crippen LogP contribution in [0.1, 0.15) is 43.5 Å². The SMILES string of the molecule is CCCN1CCC(NC(=O)c2ccccc2NCC)CC1. The van der Waals surface area contributed by atoms with Gasteiger partial charge in [0.25, 0.3) is 5.91 Å². The van der Waals surface area contributed by atoms with Crippen LogP contribution in [0.3, 0.4) is 0 Å². The summed E-state index contributed by atoms with van der Waals surface area (Å²) in [7, 11) is 0. The van der Waals surface area contributed by atoms with Crippen LogP contribution in [0.2, 0.25) is 0 Å². The van der Waals surface area contributed by atoms with Crippen molar-refractivity contribution in [2.24, 2.45) is 0 Å². The Morgan fingerprint density at radius 1 is 1.24 bits per heavy atom. The molecule has 0 unspecified atom stereocenters. The Bertz CT molecular complexity index is 453. The van der Waals surface area contributed by atoms with Gasteiger partial charge in [-0.15, -0.1) is 0 Å². The summed E-state index contributed by atoms with van der Waals surface area (Å²) in [6.45, 7) is 8.43. The molecule has 0 bridgehead atoms. The van der Waals surface area contributed by atoms with Gasteiger partial charge in [-0.2, -0.15) is 0 Å². The van der Waals surface area contributed by atoms with E-state index in [4.69, 9.17) is 0 Å². The van der Waals surface area contributed by atoms with Gasteiger partial charge in [0.2, 0.25) is 0 Å². The lowest BCUT2D eigenvalue weighted by atomic mass is 10.0. The summed E-state index contributed by atoms with van der Waals surface area (Å²) in [4.78, 5) is 14.9. The molecule has 1 aromatic carbocycles. The quantitative estimate of drug-likeness (QED) is 0.846. The number of amides is 1. The molecule has 0 radical (unpaired) electrons. The maximum atomic E-state index is 12.5. The minimum Gasteiger partial charge on any atom is -0.385 e. The number of anilines is 1. The van der Waals surface area contributed by atoms with E-state index in [0.29, 0.717) is 6.04 Å². The Balaban J connectivity index is 1.90. The van der Waals surface area contributed by atoms with Crippen molar-refractivity contribution in [3.63, 3.8) is 0 Å². The van der Waals surface area contributed by atoms with E-state index in [2.05, 4.69) is 22.5 Å². The van der Waals surface area contributed by atoms with Gasteiger partial charge in [0.1, 0.15) is 0 Å². The van der Waals surface area contributed by atoms with Crippen molar-refractivity contribution in [2.75, 3.05) is 31.5 Å². The number of hydrogen-bond donors (Lipinski definition) is 2. The van der Waals surface area contributed by atoms with Crippen LogP contribution in [0.5, 0.6) is 0 Å². The standard InChI is InChI=1S/C17H27N3O/c1-3-11-20-12-9-14(10-13-20)19-17(21)15-7-5-6-8-16(15)18-4-2/h5-8,14,18H,3-4,9-13H2,1-2H3,(H,19,21). The number of rotatable bonds is 6. The zero-order valence-corrected chi connectivity index (χ0v) is 13.2. The molecule has 2 N–H and O–H groups in total. The van der Waals surface area contributed by atoms with Crippen LogP contribution in [-0.2, 0) is 0 Å². The second-order valence-corrected chi connectivity index (χ2v) is 5.67. The Hall–Kier alpha value is -1.55. The number of benzene rings is 1. The van der Waals surface area contributed by atoms with E-state index in [1.807, 2.05) is 31.2 Å². The highest BCUT2D eigenvalue weighted by atomic mass is 16.1. The number of piperidine rings is 1. The first-order valence-corrected chi connectivity index (χ1v) is 8.10. The summed E-state index contributed by atoms with van der Waals surface area (Å²) < 4.78 is 0. The van der Waals surface area contributed by atoms with Crippen molar-refractivity contribution in [2.45, 2.75) is 39.2 Å². The molecule has 1 aliphatic heterocycles. The molecule has 1 aliphatic rings. The molecule has 21 heavy (non-hydrogen) atoms. The third kappa shape index (κ3) is 4.46. The molecule has 2 rings (SSSR count). The fraction of sp³-hybridized carbons (Fsp3) is 0.588. The molecule has 4 nitrogen and oxygen atoms in total. The van der Waals surface area contributed by atoms with Crippen LogP contribution in [0.4, 0.5) is 5.69 Å². The smallest absolute Gasteiger partial charge is 0.253 e. The van der Waals surface area contributed by atoms with Gasteiger partial charge in [-0.3, -0.25) is 4.79 Å². The monoisotopic (exact) mass is 289 g/mol. The van der Waals surface area contributed by atoms with Gasteiger partial charge < -0.3 is 15.5 Å². The predicted octanol–water partition coefficient (Wildman–Crippen LogP) is 2.72. The van der Waals surface area contributed by atoms with E-state index in [9.17, 15) is 4.79 Å². The number of carbonyl (C=O) groups is 1. The lowest BCUT2D eigenvalue weighted by Crippen LogP contribution is -2.44. The maximum absolute atomic E-state index is 12.5. The highest BCUT2D eigenvalue weighted by molar-refractivity contribution is 5.99. The molecular formula is C17H27N3O. The summed E-state index contributed by atoms with van der Waals surface area (Å²) in [5.74, 6) is 0.0421. The highest BCUT2D eigenvalue weighted by Crippen LogP contribution is 2.16. The Morgan fingerprint density at radius 2 is 1.95 bits per heavy atom. The zero-order valence-electron chi connectivity index (χ0n) is 13.2. The Labute approximate surface area is 127 Å². The molecule has 1 fully saturated rings. The molecule has 1 aromatic rings. The van der Waals surface area contributed by atoms with Crippen molar-refractivity contribution >= 4 is 11.6 Å². The van der Waals surface area contributed by atoms with Gasteiger partial charge in [0.05, 0.1) is 5.56 Å². The maximum Gasteiger partial charge on any atom is 0.253 e. The molecule has 0 saturated carbocycles. The van der Waals surface area contributed by atoms with E-state index in [1.165, 1.54) is 13.0 Å². The average molecular weight is 289 g/mol. The zero-order chi connectivity index (χ0) is 15.1. The molecule has 0 atom stereocenters. The molecule has 0 aromatic heterocycles. The lowest BCUT2D eigenvalue weighted by molar-refractivity contribution is 0.0912. The largest absolute Gasteiger partial charge is 0.385 e. The molecule has 116 valence electrons. The minimum absolute atomic E-state index is 0.0421. The van der Waals surface area contributed by atoms with E-state index in [0.717, 1.165) is 43.7 Å². The molecule has 1 saturated heterocycles. The van der Waals surface area contributed by atoms with Gasteiger partial charge in [-0.25, -0.2) is 0 Å². The molecule has 1 amide bonds. The fourth-order valence-corrected chi connectivity index (χ4v) is 2.91. The summed E-state index contributed by atoms with van der Waals surface area (Å²) in [5, 5.41) is 6.44. The van der Waals surface area contributed by atoms with Crippen LogP contribution < -0.4 is 10.6 Å². The Morgan fingerprint density at radius 3 is 2.62 bits per heavy atom. The van der Waals surface area contributed by atoms with Crippen molar-refractivity contribution < 1.29 is 4.79 Å². The van der Waals surface area contributed by atoms with E-state index in [1.54, 1.807) is 0 Å². The van der Waals surface area contributed by atoms with Gasteiger partial charge in [0, 0.05) is 31.4 Å². The van der Waals surface area contributed by atoms with Crippen molar-refractivity contribution in [3.05, 3.63) is 29.8 Å². The van der Waals surface area contributed by atoms with Crippen LogP contribution in [-0.4, -0.2) is 43.0 Å². The van der Waals surface area contributed by atoms with E-state index in [-0.39, 0.29) is 5.91 Å². The van der Waals surface area contributed by atoms with Gasteiger partial charge in [-0.05, 0) is 44.9 Å². The van der Waals surface area contributed by atoms with E-state index < -0.39 is 0 Å². The summed E-state index contributed by atoms with van der Waals surface area (Å²) in [5.41, 5.74) is 1.66. The number of nitrogens with zero attached hydrogens (tertiary/aromatic N) is 1. The normalized spacial score (nSPS) is 16.7. The first-order chi connectivity index (χ1) is 10.2. The first-order valence-electron chi connectivity index (χ1n) is 8.10. The third-order valence-corrected chi connectivity index (χ3v) is 4.00. The lowest BCUT2D eigenvalue weighted by Gasteiger charge is -2.32. The summed E-state index contributed by atoms with van der Waals surface area (Å²) in [6, 6.07) is 8.03. The van der Waals surface area contributed by atoms with Gasteiger partial charge in [0.15, 0.2) is 0 Å². The second-order valence-electron chi connectivity index (χ2n) is 5.67. The van der Waals surface area contributed by atoms with Crippen LogP contribution in [0.25, 0.3) is 0 Å². The number of likely N-dealkylation sites (tertiary alicyclic amines) is 1. The highest BCUT2D eigenvalue weighted by Gasteiger charge is 2.21. The topological polar surface area (TPSA) is 44.4 Å². The van der Waals surface area contributed by atoms with Crippen molar-refractivity contribution in [3.8, 4) is 0 Å². The predicted molar refractivity (Wildman–Crippen MR) is 87.8 cm³/mol. The number of para-hydroxylation sites is 1. The van der Waals surface area contributed by atoms with Crippen LogP contribution in [0, 0.1) is 0 Å². The van der Waals surface area contributed by atoms with Crippen molar-refractivity contribution in [1.29, 1.82) is 0 Å². The van der Waals surface area contributed by atoms with E-state index >= 15 is 0 Å². The third-order valence-electron chi connectivity index (χ3n) is 4.00. The number of carbonyl (C=O) groups excluding carboxylic acids is 1. The second kappa shape index (κ2) is 8.03. The number of nitrogens with one attached hydrogen (secondary N) is 2. The summed E-state index contributed by atoms with van der Waals surface area (Å²) >= 11 is 0. The molecule has 0 aliphatic carbocycles. The van der Waals surface area contributed by atoms with Crippen LogP contribution >= 0.6 is 0 Å². The molecular weight excluding hydrogens is 262 g/mol. The first kappa shape index (κ1) is 15.8. The molecule has 1 heterocycles. The minimum atomic E-state index is 0.0421. The average Bonchev–Trinajstić information content (AvgIpc) is 2.50. The summed E-state index contributed by atoms with van der Waals surface area (Å²) in [6.07, 6.45) is 3.30. The van der Waals surface area contributed by atoms with Crippen LogP contribution in [0.15, 0.2) is 24.3 Å². The molecule has 4 heteroatoms. The fourth-order valence-electron chi connectivity index (χ4n) is 2.91. The molecule has 0 spiro atoms. The van der Waals surface area contributed by atoms with Gasteiger partial charge >= 0.3 is 0 Å².